The first kappa shape index (κ1) is 18.0. The number of ether oxygens (including phenoxy) is 1. The molecule has 0 aliphatic carbocycles. The van der Waals surface area contributed by atoms with E-state index in [9.17, 15) is 4.79 Å². The zero-order valence-corrected chi connectivity index (χ0v) is 15.6. The lowest BCUT2D eigenvalue weighted by Gasteiger charge is -2.20. The van der Waals surface area contributed by atoms with Gasteiger partial charge in [-0.3, -0.25) is 4.79 Å². The second kappa shape index (κ2) is 7.97. The van der Waals surface area contributed by atoms with Crippen molar-refractivity contribution >= 4 is 26.7 Å². The third kappa shape index (κ3) is 3.96. The number of fused-ring (bicyclic) bond motifs is 1. The van der Waals surface area contributed by atoms with Crippen molar-refractivity contribution in [1.29, 1.82) is 0 Å². The van der Waals surface area contributed by atoms with E-state index in [1.165, 1.54) is 0 Å². The second-order valence-corrected chi connectivity index (χ2v) is 7.10. The summed E-state index contributed by atoms with van der Waals surface area (Å²) in [5, 5.41) is 1.51. The van der Waals surface area contributed by atoms with Crippen LogP contribution in [0, 0.1) is 5.92 Å². The van der Waals surface area contributed by atoms with Crippen molar-refractivity contribution in [2.75, 3.05) is 6.61 Å². The minimum atomic E-state index is 0.00416. The lowest BCUT2D eigenvalue weighted by atomic mass is 10.1. The summed E-state index contributed by atoms with van der Waals surface area (Å²) < 4.78 is 8.76. The SMILES string of the molecule is CCCCOc1c(CN)n(CC(C)C)c(=O)c2ccc(Br)cc12. The van der Waals surface area contributed by atoms with Crippen LogP contribution >= 0.6 is 15.9 Å². The van der Waals surface area contributed by atoms with Gasteiger partial charge in [0.15, 0.2) is 0 Å². The van der Waals surface area contributed by atoms with E-state index in [-0.39, 0.29) is 12.1 Å². The summed E-state index contributed by atoms with van der Waals surface area (Å²) in [6, 6.07) is 5.68. The van der Waals surface area contributed by atoms with Crippen molar-refractivity contribution in [3.63, 3.8) is 0 Å². The Labute approximate surface area is 145 Å². The molecule has 0 unspecified atom stereocenters. The van der Waals surface area contributed by atoms with E-state index in [4.69, 9.17) is 10.5 Å². The predicted octanol–water partition coefficient (Wildman–Crippen LogP) is 4.06. The molecule has 0 aliphatic rings. The van der Waals surface area contributed by atoms with Crippen LogP contribution in [0.2, 0.25) is 0 Å². The highest BCUT2D eigenvalue weighted by atomic mass is 79.9. The summed E-state index contributed by atoms with van der Waals surface area (Å²) in [5.41, 5.74) is 6.76. The number of benzene rings is 1. The van der Waals surface area contributed by atoms with E-state index in [1.807, 2.05) is 18.2 Å². The molecule has 4 nitrogen and oxygen atoms in total. The zero-order valence-electron chi connectivity index (χ0n) is 14.1. The Morgan fingerprint density at radius 1 is 1.30 bits per heavy atom. The number of pyridine rings is 1. The lowest BCUT2D eigenvalue weighted by molar-refractivity contribution is 0.304. The number of aromatic nitrogens is 1. The van der Waals surface area contributed by atoms with Crippen LogP contribution in [0.25, 0.3) is 10.8 Å². The Balaban J connectivity index is 2.72. The van der Waals surface area contributed by atoms with Crippen molar-refractivity contribution in [1.82, 2.24) is 4.57 Å². The Morgan fingerprint density at radius 2 is 2.04 bits per heavy atom. The quantitative estimate of drug-likeness (QED) is 0.736. The third-order valence-electron chi connectivity index (χ3n) is 3.78. The summed E-state index contributed by atoms with van der Waals surface area (Å²) in [4.78, 5) is 12.9. The normalized spacial score (nSPS) is 11.4. The number of hydrogen-bond acceptors (Lipinski definition) is 3. The van der Waals surface area contributed by atoms with Gasteiger partial charge in [0, 0.05) is 22.9 Å². The van der Waals surface area contributed by atoms with Crippen LogP contribution in [0.4, 0.5) is 0 Å². The topological polar surface area (TPSA) is 57.2 Å². The molecule has 0 aliphatic heterocycles. The minimum absolute atomic E-state index is 0.00416. The first-order valence-corrected chi connectivity index (χ1v) is 8.96. The minimum Gasteiger partial charge on any atom is -0.491 e. The number of nitrogens with zero attached hydrogens (tertiary/aromatic N) is 1. The van der Waals surface area contributed by atoms with Crippen LogP contribution < -0.4 is 16.0 Å². The fraction of sp³-hybridized carbons (Fsp3) is 0.500. The molecule has 0 saturated carbocycles. The van der Waals surface area contributed by atoms with Gasteiger partial charge in [0.05, 0.1) is 17.7 Å². The van der Waals surface area contributed by atoms with Crippen LogP contribution in [-0.2, 0) is 13.1 Å². The highest BCUT2D eigenvalue weighted by Crippen LogP contribution is 2.30. The Hall–Kier alpha value is -1.33. The number of hydrogen-bond donors (Lipinski definition) is 1. The molecule has 0 saturated heterocycles. The summed E-state index contributed by atoms with van der Waals surface area (Å²) in [5.74, 6) is 1.10. The molecule has 0 bridgehead atoms. The monoisotopic (exact) mass is 380 g/mol. The van der Waals surface area contributed by atoms with Crippen LogP contribution in [-0.4, -0.2) is 11.2 Å². The average molecular weight is 381 g/mol. The maximum absolute atomic E-state index is 12.9. The van der Waals surface area contributed by atoms with Crippen LogP contribution in [0.1, 0.15) is 39.3 Å². The predicted molar refractivity (Wildman–Crippen MR) is 99.0 cm³/mol. The molecule has 2 aromatic rings. The number of unbranched alkanes of at least 4 members (excludes halogenated alkanes) is 1. The van der Waals surface area contributed by atoms with Gasteiger partial charge >= 0.3 is 0 Å². The van der Waals surface area contributed by atoms with E-state index >= 15 is 0 Å². The first-order chi connectivity index (χ1) is 11.0. The molecule has 0 amide bonds. The molecular formula is C18H25BrN2O2. The van der Waals surface area contributed by atoms with Gasteiger partial charge in [-0.2, -0.15) is 0 Å². The maximum atomic E-state index is 12.9. The smallest absolute Gasteiger partial charge is 0.258 e. The maximum Gasteiger partial charge on any atom is 0.258 e. The van der Waals surface area contributed by atoms with Crippen LogP contribution in [0.5, 0.6) is 5.75 Å². The highest BCUT2D eigenvalue weighted by molar-refractivity contribution is 9.10. The van der Waals surface area contributed by atoms with Crippen molar-refractivity contribution in [3.8, 4) is 5.75 Å². The van der Waals surface area contributed by atoms with Crippen molar-refractivity contribution in [2.24, 2.45) is 11.7 Å². The summed E-state index contributed by atoms with van der Waals surface area (Å²) in [7, 11) is 0. The molecule has 2 N–H and O–H groups in total. The van der Waals surface area contributed by atoms with Crippen LogP contribution in [0.15, 0.2) is 27.5 Å². The van der Waals surface area contributed by atoms with E-state index in [1.54, 1.807) is 4.57 Å². The van der Waals surface area contributed by atoms with Crippen molar-refractivity contribution in [2.45, 2.75) is 46.7 Å². The Morgan fingerprint density at radius 3 is 2.65 bits per heavy atom. The number of rotatable bonds is 7. The average Bonchev–Trinajstić information content (AvgIpc) is 2.51. The van der Waals surface area contributed by atoms with Gasteiger partial charge in [0.25, 0.3) is 5.56 Å². The molecular weight excluding hydrogens is 356 g/mol. The first-order valence-electron chi connectivity index (χ1n) is 8.17. The van der Waals surface area contributed by atoms with Crippen molar-refractivity contribution < 1.29 is 4.74 Å². The van der Waals surface area contributed by atoms with Gasteiger partial charge in [-0.1, -0.05) is 43.1 Å². The third-order valence-corrected chi connectivity index (χ3v) is 4.27. The molecule has 0 fully saturated rings. The molecule has 1 heterocycles. The van der Waals surface area contributed by atoms with Crippen LogP contribution in [0.3, 0.4) is 0 Å². The van der Waals surface area contributed by atoms with Gasteiger partial charge in [-0.15, -0.1) is 0 Å². The van der Waals surface area contributed by atoms with Gasteiger partial charge in [-0.25, -0.2) is 0 Å². The van der Waals surface area contributed by atoms with E-state index in [0.29, 0.717) is 24.5 Å². The zero-order chi connectivity index (χ0) is 17.0. The summed E-state index contributed by atoms with van der Waals surface area (Å²) >= 11 is 3.48. The number of nitrogens with two attached hydrogens (primary N) is 1. The number of halogens is 1. The fourth-order valence-corrected chi connectivity index (χ4v) is 3.04. The molecule has 1 aromatic carbocycles. The Bertz CT molecular complexity index is 738. The summed E-state index contributed by atoms with van der Waals surface area (Å²) in [6.45, 7) is 7.87. The van der Waals surface area contributed by atoms with Gasteiger partial charge in [0.2, 0.25) is 0 Å². The van der Waals surface area contributed by atoms with E-state index in [2.05, 4.69) is 36.7 Å². The highest BCUT2D eigenvalue weighted by Gasteiger charge is 2.18. The van der Waals surface area contributed by atoms with E-state index < -0.39 is 0 Å². The fourth-order valence-electron chi connectivity index (χ4n) is 2.68. The van der Waals surface area contributed by atoms with Gasteiger partial charge in [0.1, 0.15) is 5.75 Å². The molecule has 23 heavy (non-hydrogen) atoms. The van der Waals surface area contributed by atoms with Gasteiger partial charge < -0.3 is 15.0 Å². The van der Waals surface area contributed by atoms with E-state index in [0.717, 1.165) is 34.1 Å². The van der Waals surface area contributed by atoms with Crippen molar-refractivity contribution in [3.05, 3.63) is 38.7 Å². The second-order valence-electron chi connectivity index (χ2n) is 6.18. The molecule has 5 heteroatoms. The molecule has 0 spiro atoms. The summed E-state index contributed by atoms with van der Waals surface area (Å²) in [6.07, 6.45) is 2.04. The Kier molecular flexibility index (Phi) is 6.25. The molecule has 1 aromatic heterocycles. The molecule has 0 atom stereocenters. The largest absolute Gasteiger partial charge is 0.491 e. The standard InChI is InChI=1S/C18H25BrN2O2/c1-4-5-8-23-17-15-9-13(19)6-7-14(15)18(22)21(11-12(2)3)16(17)10-20/h6-7,9,12H,4-5,8,10-11,20H2,1-3H3. The van der Waals surface area contributed by atoms with Gasteiger partial charge in [-0.05, 0) is 30.5 Å². The lowest BCUT2D eigenvalue weighted by Crippen LogP contribution is -2.28. The molecule has 0 radical (unpaired) electrons. The molecule has 2 rings (SSSR count). The molecule has 126 valence electrons.